The molecule has 0 saturated carbocycles. The van der Waals surface area contributed by atoms with Crippen LogP contribution in [0.15, 0.2) is 36.4 Å². The van der Waals surface area contributed by atoms with Gasteiger partial charge in [0.15, 0.2) is 11.5 Å². The van der Waals surface area contributed by atoms with Gasteiger partial charge in [0.2, 0.25) is 15.9 Å². The first-order chi connectivity index (χ1) is 15.9. The highest BCUT2D eigenvalue weighted by atomic mass is 32.2. The molecule has 178 valence electrons. The number of ether oxygens (including phenoxy) is 2. The Labute approximate surface area is 196 Å². The molecular formula is C25H32N2O5S. The third kappa shape index (κ3) is 5.27. The first-order valence-corrected chi connectivity index (χ1v) is 13.3. The Kier molecular flexibility index (Phi) is 7.12. The van der Waals surface area contributed by atoms with E-state index in [-0.39, 0.29) is 24.2 Å². The van der Waals surface area contributed by atoms with E-state index in [1.807, 2.05) is 6.92 Å². The molecule has 0 unspecified atom stereocenters. The first-order valence-electron chi connectivity index (χ1n) is 11.7. The van der Waals surface area contributed by atoms with Crippen LogP contribution in [-0.4, -0.2) is 39.8 Å². The minimum atomic E-state index is -3.68. The fourth-order valence-corrected chi connectivity index (χ4v) is 5.52. The van der Waals surface area contributed by atoms with Gasteiger partial charge in [-0.1, -0.05) is 25.1 Å². The lowest BCUT2D eigenvalue weighted by atomic mass is 9.89. The van der Waals surface area contributed by atoms with E-state index in [1.165, 1.54) is 24.0 Å². The summed E-state index contributed by atoms with van der Waals surface area (Å²) in [6.45, 7) is 4.15. The molecule has 2 aromatic carbocycles. The van der Waals surface area contributed by atoms with E-state index in [1.54, 1.807) is 25.1 Å². The van der Waals surface area contributed by atoms with Crippen molar-refractivity contribution in [1.82, 2.24) is 5.32 Å². The summed E-state index contributed by atoms with van der Waals surface area (Å²) in [5.74, 6) is 0.598. The second-order valence-electron chi connectivity index (χ2n) is 8.50. The number of rotatable bonds is 8. The van der Waals surface area contributed by atoms with Crippen LogP contribution in [0.3, 0.4) is 0 Å². The Hall–Kier alpha value is -2.74. The van der Waals surface area contributed by atoms with Crippen LogP contribution < -0.4 is 19.1 Å². The minimum Gasteiger partial charge on any atom is -0.486 e. The van der Waals surface area contributed by atoms with Crippen molar-refractivity contribution >= 4 is 21.6 Å². The van der Waals surface area contributed by atoms with Crippen LogP contribution >= 0.6 is 0 Å². The Morgan fingerprint density at radius 3 is 2.45 bits per heavy atom. The average molecular weight is 473 g/mol. The molecule has 8 heteroatoms. The maximum Gasteiger partial charge on any atom is 0.241 e. The van der Waals surface area contributed by atoms with Gasteiger partial charge in [-0.3, -0.25) is 9.10 Å². The molecule has 7 nitrogen and oxygen atoms in total. The SMILES string of the molecule is CC[C@H](NC(=O)CN(c1ccc2c(c1)OCCO2)S(=O)(=O)CC)c1ccc2c(c1)CCCC2. The summed E-state index contributed by atoms with van der Waals surface area (Å²) in [7, 11) is -3.68. The van der Waals surface area contributed by atoms with Crippen LogP contribution in [0.1, 0.15) is 55.8 Å². The molecule has 0 saturated heterocycles. The van der Waals surface area contributed by atoms with Gasteiger partial charge in [0.05, 0.1) is 17.5 Å². The number of nitrogens with zero attached hydrogens (tertiary/aromatic N) is 1. The summed E-state index contributed by atoms with van der Waals surface area (Å²) < 4.78 is 38.0. The molecule has 1 atom stereocenters. The molecule has 1 amide bonds. The monoisotopic (exact) mass is 472 g/mol. The van der Waals surface area contributed by atoms with Crippen LogP contribution in [-0.2, 0) is 27.7 Å². The Morgan fingerprint density at radius 2 is 1.73 bits per heavy atom. The van der Waals surface area contributed by atoms with E-state index in [4.69, 9.17) is 9.47 Å². The van der Waals surface area contributed by atoms with Gasteiger partial charge < -0.3 is 14.8 Å². The maximum absolute atomic E-state index is 13.0. The molecule has 0 radical (unpaired) electrons. The van der Waals surface area contributed by atoms with Gasteiger partial charge in [0, 0.05) is 6.07 Å². The smallest absolute Gasteiger partial charge is 0.241 e. The van der Waals surface area contributed by atoms with Crippen LogP contribution in [0.2, 0.25) is 0 Å². The number of fused-ring (bicyclic) bond motifs is 2. The summed E-state index contributed by atoms with van der Waals surface area (Å²) in [5, 5.41) is 3.05. The molecule has 33 heavy (non-hydrogen) atoms. The molecule has 1 N–H and O–H groups in total. The molecule has 1 heterocycles. The summed E-state index contributed by atoms with van der Waals surface area (Å²) in [6, 6.07) is 11.2. The summed E-state index contributed by atoms with van der Waals surface area (Å²) >= 11 is 0. The zero-order valence-electron chi connectivity index (χ0n) is 19.3. The van der Waals surface area contributed by atoms with E-state index in [9.17, 15) is 13.2 Å². The van der Waals surface area contributed by atoms with Gasteiger partial charge in [-0.05, 0) is 67.9 Å². The van der Waals surface area contributed by atoms with Gasteiger partial charge in [-0.25, -0.2) is 8.42 Å². The number of sulfonamides is 1. The summed E-state index contributed by atoms with van der Waals surface area (Å²) in [6.07, 6.45) is 5.31. The number of aryl methyl sites for hydroxylation is 2. The summed E-state index contributed by atoms with van der Waals surface area (Å²) in [5.41, 5.74) is 4.21. The van der Waals surface area contributed by atoms with E-state index in [2.05, 4.69) is 23.5 Å². The van der Waals surface area contributed by atoms with Gasteiger partial charge in [-0.15, -0.1) is 0 Å². The minimum absolute atomic E-state index is 0.114. The van der Waals surface area contributed by atoms with Crippen molar-refractivity contribution in [2.75, 3.05) is 29.8 Å². The number of benzene rings is 2. The molecule has 0 bridgehead atoms. The lowest BCUT2D eigenvalue weighted by molar-refractivity contribution is -0.120. The molecule has 2 aromatic rings. The molecule has 0 fully saturated rings. The van der Waals surface area contributed by atoms with E-state index in [0.717, 1.165) is 29.1 Å². The fraction of sp³-hybridized carbons (Fsp3) is 0.480. The number of amides is 1. The predicted octanol–water partition coefficient (Wildman–Crippen LogP) is 3.76. The normalized spacial score (nSPS) is 15.9. The molecular weight excluding hydrogens is 440 g/mol. The van der Waals surface area contributed by atoms with Crippen LogP contribution in [0.5, 0.6) is 11.5 Å². The average Bonchev–Trinajstić information content (AvgIpc) is 2.85. The third-order valence-electron chi connectivity index (χ3n) is 6.32. The number of carbonyl (C=O) groups excluding carboxylic acids is 1. The lowest BCUT2D eigenvalue weighted by Gasteiger charge is -2.27. The van der Waals surface area contributed by atoms with Crippen molar-refractivity contribution in [2.45, 2.75) is 52.0 Å². The number of anilines is 1. The Balaban J connectivity index is 1.53. The zero-order chi connectivity index (χ0) is 23.4. The van der Waals surface area contributed by atoms with Crippen molar-refractivity contribution in [3.05, 3.63) is 53.1 Å². The van der Waals surface area contributed by atoms with Crippen LogP contribution in [0.25, 0.3) is 0 Å². The highest BCUT2D eigenvalue weighted by Gasteiger charge is 2.26. The quantitative estimate of drug-likeness (QED) is 0.632. The predicted molar refractivity (Wildman–Crippen MR) is 128 cm³/mol. The first kappa shape index (κ1) is 23.4. The highest BCUT2D eigenvalue weighted by Crippen LogP contribution is 2.35. The number of hydrogen-bond acceptors (Lipinski definition) is 5. The van der Waals surface area contributed by atoms with Gasteiger partial charge in [-0.2, -0.15) is 0 Å². The van der Waals surface area contributed by atoms with Crippen LogP contribution in [0.4, 0.5) is 5.69 Å². The van der Waals surface area contributed by atoms with Crippen molar-refractivity contribution in [3.63, 3.8) is 0 Å². The Bertz CT molecular complexity index is 1120. The number of hydrogen-bond donors (Lipinski definition) is 1. The molecule has 4 rings (SSSR count). The van der Waals surface area contributed by atoms with E-state index < -0.39 is 10.0 Å². The van der Waals surface area contributed by atoms with Crippen molar-refractivity contribution < 1.29 is 22.7 Å². The molecule has 1 aliphatic carbocycles. The number of carbonyl (C=O) groups is 1. The zero-order valence-corrected chi connectivity index (χ0v) is 20.1. The van der Waals surface area contributed by atoms with Gasteiger partial charge >= 0.3 is 0 Å². The van der Waals surface area contributed by atoms with Crippen molar-refractivity contribution in [1.29, 1.82) is 0 Å². The second-order valence-corrected chi connectivity index (χ2v) is 10.7. The molecule has 2 aliphatic rings. The second kappa shape index (κ2) is 10.0. The lowest BCUT2D eigenvalue weighted by Crippen LogP contribution is -2.42. The van der Waals surface area contributed by atoms with E-state index in [0.29, 0.717) is 30.4 Å². The highest BCUT2D eigenvalue weighted by molar-refractivity contribution is 7.92. The fourth-order valence-electron chi connectivity index (χ4n) is 4.45. The topological polar surface area (TPSA) is 84.9 Å². The van der Waals surface area contributed by atoms with Crippen molar-refractivity contribution in [3.8, 4) is 11.5 Å². The van der Waals surface area contributed by atoms with E-state index >= 15 is 0 Å². The number of nitrogens with one attached hydrogen (secondary N) is 1. The van der Waals surface area contributed by atoms with Crippen molar-refractivity contribution in [2.24, 2.45) is 0 Å². The standard InChI is InChI=1S/C25H32N2O5S/c1-3-22(20-10-9-18-7-5-6-8-19(18)15-20)26-25(28)17-27(33(29,30)4-2)21-11-12-23-24(16-21)32-14-13-31-23/h9-12,15-16,22H,3-8,13-14,17H2,1-2H3,(H,26,28)/t22-/m0/s1. The van der Waals surface area contributed by atoms with Gasteiger partial charge in [0.1, 0.15) is 19.8 Å². The molecule has 0 spiro atoms. The molecule has 0 aromatic heterocycles. The summed E-state index contributed by atoms with van der Waals surface area (Å²) in [4.78, 5) is 13.0. The maximum atomic E-state index is 13.0. The largest absolute Gasteiger partial charge is 0.486 e. The Morgan fingerprint density at radius 1 is 1.00 bits per heavy atom. The third-order valence-corrected chi connectivity index (χ3v) is 8.06. The van der Waals surface area contributed by atoms with Gasteiger partial charge in [0.25, 0.3) is 0 Å². The molecule has 1 aliphatic heterocycles. The van der Waals surface area contributed by atoms with Crippen LogP contribution in [0, 0.1) is 0 Å².